The fourth-order valence-electron chi connectivity index (χ4n) is 3.98. The number of nitrogens with one attached hydrogen (secondary N) is 1. The molecule has 30 heavy (non-hydrogen) atoms. The number of amides is 1. The number of nitrogens with zero attached hydrogens (tertiary/aromatic N) is 2. The van der Waals surface area contributed by atoms with Crippen molar-refractivity contribution in [2.24, 2.45) is 5.92 Å². The zero-order chi connectivity index (χ0) is 21.3. The minimum atomic E-state index is -1.15. The molecule has 0 aliphatic heterocycles. The number of hydrogen-bond donors (Lipinski definition) is 2. The first-order valence-electron chi connectivity index (χ1n) is 9.93. The fraction of sp³-hybridized carbons (Fsp3) is 0.364. The molecular weight excluding hydrogens is 392 g/mol. The molecule has 1 aromatic heterocycles. The summed E-state index contributed by atoms with van der Waals surface area (Å²) >= 11 is 0. The van der Waals surface area contributed by atoms with Crippen LogP contribution in [0.15, 0.2) is 36.5 Å². The molecule has 3 aromatic rings. The molecule has 0 atom stereocenters. The Hall–Kier alpha value is -3.16. The summed E-state index contributed by atoms with van der Waals surface area (Å²) < 4.78 is 34.1. The predicted octanol–water partition coefficient (Wildman–Crippen LogP) is 4.19. The van der Waals surface area contributed by atoms with Crippen molar-refractivity contribution in [3.8, 4) is 11.5 Å². The Bertz CT molecular complexity index is 1050. The number of methoxy groups -OCH3 is 1. The van der Waals surface area contributed by atoms with Crippen molar-refractivity contribution in [2.75, 3.05) is 13.7 Å². The molecule has 1 heterocycles. The molecule has 158 valence electrons. The number of rotatable bonds is 5. The van der Waals surface area contributed by atoms with Crippen LogP contribution in [0.1, 0.15) is 42.1 Å². The van der Waals surface area contributed by atoms with Gasteiger partial charge in [-0.15, -0.1) is 0 Å². The van der Waals surface area contributed by atoms with E-state index < -0.39 is 23.3 Å². The van der Waals surface area contributed by atoms with Gasteiger partial charge in [-0.05, 0) is 55.9 Å². The van der Waals surface area contributed by atoms with Gasteiger partial charge in [0.05, 0.1) is 18.7 Å². The SMILES string of the molecule is COc1ccc2cn([C@H]3CC[C@H](CNC(=O)c4cc(F)c(O)c(F)c4)CC3)nc2c1. The van der Waals surface area contributed by atoms with Crippen molar-refractivity contribution < 1.29 is 23.4 Å². The van der Waals surface area contributed by atoms with Crippen LogP contribution in [0, 0.1) is 17.6 Å². The normalized spacial score (nSPS) is 19.0. The molecule has 0 bridgehead atoms. The van der Waals surface area contributed by atoms with Crippen molar-refractivity contribution in [3.63, 3.8) is 0 Å². The number of halogens is 2. The van der Waals surface area contributed by atoms with E-state index in [2.05, 4.69) is 16.6 Å². The quantitative estimate of drug-likeness (QED) is 0.655. The Kier molecular flexibility index (Phi) is 5.57. The first-order chi connectivity index (χ1) is 14.4. The lowest BCUT2D eigenvalue weighted by Gasteiger charge is -2.28. The molecule has 1 aliphatic carbocycles. The van der Waals surface area contributed by atoms with Crippen LogP contribution < -0.4 is 10.1 Å². The number of benzene rings is 2. The average Bonchev–Trinajstić information content (AvgIpc) is 3.19. The first-order valence-corrected chi connectivity index (χ1v) is 9.93. The average molecular weight is 415 g/mol. The lowest BCUT2D eigenvalue weighted by molar-refractivity contribution is 0.0940. The number of hydrogen-bond acceptors (Lipinski definition) is 4. The monoisotopic (exact) mass is 415 g/mol. The summed E-state index contributed by atoms with van der Waals surface area (Å²) in [5, 5.41) is 17.6. The van der Waals surface area contributed by atoms with E-state index in [1.54, 1.807) is 7.11 Å². The van der Waals surface area contributed by atoms with Crippen LogP contribution in [0.5, 0.6) is 11.5 Å². The lowest BCUT2D eigenvalue weighted by atomic mass is 9.86. The van der Waals surface area contributed by atoms with E-state index in [1.807, 2.05) is 22.9 Å². The Balaban J connectivity index is 1.32. The lowest BCUT2D eigenvalue weighted by Crippen LogP contribution is -2.31. The predicted molar refractivity (Wildman–Crippen MR) is 108 cm³/mol. The van der Waals surface area contributed by atoms with E-state index in [-0.39, 0.29) is 5.56 Å². The smallest absolute Gasteiger partial charge is 0.251 e. The molecule has 0 radical (unpaired) electrons. The van der Waals surface area contributed by atoms with Crippen LogP contribution >= 0.6 is 0 Å². The highest BCUT2D eigenvalue weighted by Gasteiger charge is 2.24. The molecule has 1 fully saturated rings. The molecule has 4 rings (SSSR count). The van der Waals surface area contributed by atoms with Crippen LogP contribution in [-0.2, 0) is 0 Å². The summed E-state index contributed by atoms with van der Waals surface area (Å²) in [4.78, 5) is 12.2. The number of carbonyl (C=O) groups is 1. The standard InChI is InChI=1S/C22H23F2N3O3/c1-30-17-7-4-14-12-27(26-20(14)10-17)16-5-2-13(3-6-16)11-25-22(29)15-8-18(23)21(28)19(24)9-15/h4,7-10,12-13,16,28H,2-3,5-6,11H2,1H3,(H,25,29)/t13-,16-. The van der Waals surface area contributed by atoms with Gasteiger partial charge < -0.3 is 15.2 Å². The van der Waals surface area contributed by atoms with E-state index in [4.69, 9.17) is 9.84 Å². The topological polar surface area (TPSA) is 76.4 Å². The van der Waals surface area contributed by atoms with E-state index in [0.717, 1.165) is 54.5 Å². The highest BCUT2D eigenvalue weighted by molar-refractivity contribution is 5.94. The second-order valence-electron chi connectivity index (χ2n) is 7.71. The summed E-state index contributed by atoms with van der Waals surface area (Å²) in [6, 6.07) is 7.80. The van der Waals surface area contributed by atoms with E-state index in [1.165, 1.54) is 0 Å². The summed E-state index contributed by atoms with van der Waals surface area (Å²) in [5.41, 5.74) is 0.757. The van der Waals surface area contributed by atoms with E-state index >= 15 is 0 Å². The van der Waals surface area contributed by atoms with Crippen molar-refractivity contribution in [2.45, 2.75) is 31.7 Å². The molecule has 2 N–H and O–H groups in total. The fourth-order valence-corrected chi connectivity index (χ4v) is 3.98. The van der Waals surface area contributed by atoms with Crippen LogP contribution in [0.25, 0.3) is 10.9 Å². The minimum Gasteiger partial charge on any atom is -0.503 e. The summed E-state index contributed by atoms with van der Waals surface area (Å²) in [6.07, 6.45) is 5.77. The van der Waals surface area contributed by atoms with E-state index in [0.29, 0.717) is 18.5 Å². The third-order valence-corrected chi connectivity index (χ3v) is 5.75. The number of aromatic hydroxyl groups is 1. The molecule has 2 aromatic carbocycles. The zero-order valence-corrected chi connectivity index (χ0v) is 16.6. The number of aromatic nitrogens is 2. The maximum atomic E-state index is 13.4. The summed E-state index contributed by atoms with van der Waals surface area (Å²) in [6.45, 7) is 0.438. The highest BCUT2D eigenvalue weighted by atomic mass is 19.1. The van der Waals surface area contributed by atoms with Gasteiger partial charge in [0, 0.05) is 29.8 Å². The molecular formula is C22H23F2N3O3. The Labute approximate surface area is 172 Å². The Morgan fingerprint density at radius 2 is 1.90 bits per heavy atom. The van der Waals surface area contributed by atoms with Crippen LogP contribution in [-0.4, -0.2) is 34.4 Å². The number of fused-ring (bicyclic) bond motifs is 1. The molecule has 1 saturated carbocycles. The molecule has 1 aliphatic rings. The Morgan fingerprint density at radius 1 is 1.20 bits per heavy atom. The molecule has 6 nitrogen and oxygen atoms in total. The Morgan fingerprint density at radius 3 is 2.57 bits per heavy atom. The number of phenolic OH excluding ortho intramolecular Hbond substituents is 1. The van der Waals surface area contributed by atoms with Gasteiger partial charge in [0.25, 0.3) is 5.91 Å². The van der Waals surface area contributed by atoms with Crippen LogP contribution in [0.3, 0.4) is 0 Å². The molecule has 1 amide bonds. The minimum absolute atomic E-state index is 0.143. The van der Waals surface area contributed by atoms with Crippen LogP contribution in [0.4, 0.5) is 8.78 Å². The molecule has 0 saturated heterocycles. The first kappa shape index (κ1) is 20.1. The summed E-state index contributed by atoms with van der Waals surface area (Å²) in [7, 11) is 1.63. The largest absolute Gasteiger partial charge is 0.503 e. The van der Waals surface area contributed by atoms with Crippen molar-refractivity contribution in [3.05, 3.63) is 53.7 Å². The van der Waals surface area contributed by atoms with Gasteiger partial charge in [-0.1, -0.05) is 0 Å². The van der Waals surface area contributed by atoms with Gasteiger partial charge in [0.1, 0.15) is 5.75 Å². The van der Waals surface area contributed by atoms with Crippen molar-refractivity contribution in [1.82, 2.24) is 15.1 Å². The highest BCUT2D eigenvalue weighted by Crippen LogP contribution is 2.33. The van der Waals surface area contributed by atoms with Gasteiger partial charge in [0.2, 0.25) is 0 Å². The molecule has 8 heteroatoms. The van der Waals surface area contributed by atoms with Gasteiger partial charge >= 0.3 is 0 Å². The van der Waals surface area contributed by atoms with Gasteiger partial charge in [-0.2, -0.15) is 5.10 Å². The second-order valence-corrected chi connectivity index (χ2v) is 7.71. The number of carbonyl (C=O) groups excluding carboxylic acids is 1. The summed E-state index contributed by atoms with van der Waals surface area (Å²) in [5.74, 6) is -2.85. The van der Waals surface area contributed by atoms with Crippen molar-refractivity contribution >= 4 is 16.8 Å². The number of phenols is 1. The third kappa shape index (κ3) is 4.08. The number of ether oxygens (including phenoxy) is 1. The molecule has 0 unspecified atom stereocenters. The van der Waals surface area contributed by atoms with Crippen LogP contribution in [0.2, 0.25) is 0 Å². The van der Waals surface area contributed by atoms with Crippen molar-refractivity contribution in [1.29, 1.82) is 0 Å². The van der Waals surface area contributed by atoms with Gasteiger partial charge in [-0.3, -0.25) is 9.48 Å². The maximum absolute atomic E-state index is 13.4. The third-order valence-electron chi connectivity index (χ3n) is 5.75. The van der Waals surface area contributed by atoms with E-state index in [9.17, 15) is 13.6 Å². The van der Waals surface area contributed by atoms with Gasteiger partial charge in [-0.25, -0.2) is 8.78 Å². The maximum Gasteiger partial charge on any atom is 0.251 e. The zero-order valence-electron chi connectivity index (χ0n) is 16.6. The molecule has 0 spiro atoms. The van der Waals surface area contributed by atoms with Gasteiger partial charge in [0.15, 0.2) is 17.4 Å². The second kappa shape index (κ2) is 8.30.